The van der Waals surface area contributed by atoms with Gasteiger partial charge >= 0.3 is 0 Å². The minimum absolute atomic E-state index is 0.0578. The van der Waals surface area contributed by atoms with Gasteiger partial charge in [0.2, 0.25) is 0 Å². The lowest BCUT2D eigenvalue weighted by atomic mass is 9.87. The summed E-state index contributed by atoms with van der Waals surface area (Å²) < 4.78 is 11.2. The molecule has 1 unspecified atom stereocenters. The third-order valence-corrected chi connectivity index (χ3v) is 4.69. The molecule has 26 heavy (non-hydrogen) atoms. The standard InChI is InChI=1S/C21H34N2O3/c1-17(26-19-9-7-8-18(16-19)21(2,3)4)20(24)22-10-5-6-11-23-12-14-25-15-13-23/h7-9,16-17H,5-6,10-15H2,1-4H3,(H,22,24). The molecule has 1 aromatic rings. The van der Waals surface area contributed by atoms with Gasteiger partial charge in [0.25, 0.3) is 5.91 Å². The number of ether oxygens (including phenoxy) is 2. The number of amides is 1. The van der Waals surface area contributed by atoms with E-state index < -0.39 is 6.10 Å². The number of nitrogens with one attached hydrogen (secondary N) is 1. The number of unbranched alkanes of at least 4 members (excludes halogenated alkanes) is 1. The quantitative estimate of drug-likeness (QED) is 0.723. The minimum Gasteiger partial charge on any atom is -0.481 e. The van der Waals surface area contributed by atoms with E-state index in [1.807, 2.05) is 18.2 Å². The maximum absolute atomic E-state index is 12.2. The van der Waals surface area contributed by atoms with Gasteiger partial charge in [-0.05, 0) is 49.4 Å². The van der Waals surface area contributed by atoms with Gasteiger partial charge in [0, 0.05) is 19.6 Å². The first kappa shape index (κ1) is 20.7. The predicted molar refractivity (Wildman–Crippen MR) is 105 cm³/mol. The summed E-state index contributed by atoms with van der Waals surface area (Å²) in [5.74, 6) is 0.685. The van der Waals surface area contributed by atoms with Crippen molar-refractivity contribution >= 4 is 5.91 Å². The molecular weight excluding hydrogens is 328 g/mol. The number of hydrogen-bond acceptors (Lipinski definition) is 4. The van der Waals surface area contributed by atoms with Crippen LogP contribution < -0.4 is 10.1 Å². The van der Waals surface area contributed by atoms with E-state index in [1.165, 1.54) is 5.56 Å². The molecule has 0 saturated carbocycles. The lowest BCUT2D eigenvalue weighted by Crippen LogP contribution is -2.38. The molecule has 0 spiro atoms. The van der Waals surface area contributed by atoms with Crippen LogP contribution in [0, 0.1) is 0 Å². The molecule has 146 valence electrons. The van der Waals surface area contributed by atoms with E-state index in [0.29, 0.717) is 6.54 Å². The highest BCUT2D eigenvalue weighted by Gasteiger charge is 2.17. The Hall–Kier alpha value is -1.59. The second-order valence-electron chi connectivity index (χ2n) is 7.99. The monoisotopic (exact) mass is 362 g/mol. The van der Waals surface area contributed by atoms with Crippen molar-refractivity contribution in [2.24, 2.45) is 0 Å². The third kappa shape index (κ3) is 6.96. The van der Waals surface area contributed by atoms with Crippen LogP contribution in [0.5, 0.6) is 5.75 Å². The van der Waals surface area contributed by atoms with Crippen molar-refractivity contribution in [3.63, 3.8) is 0 Å². The molecule has 1 aliphatic heterocycles. The molecule has 5 heteroatoms. The van der Waals surface area contributed by atoms with Gasteiger partial charge in [-0.15, -0.1) is 0 Å². The summed E-state index contributed by atoms with van der Waals surface area (Å²) in [5.41, 5.74) is 1.26. The van der Waals surface area contributed by atoms with Gasteiger partial charge in [0.15, 0.2) is 6.10 Å². The van der Waals surface area contributed by atoms with Gasteiger partial charge in [-0.1, -0.05) is 32.9 Å². The molecule has 0 radical (unpaired) electrons. The zero-order valence-corrected chi connectivity index (χ0v) is 16.7. The van der Waals surface area contributed by atoms with Crippen LogP contribution in [-0.4, -0.2) is 56.3 Å². The topological polar surface area (TPSA) is 50.8 Å². The molecule has 1 atom stereocenters. The van der Waals surface area contributed by atoms with Crippen molar-refractivity contribution in [3.8, 4) is 5.75 Å². The van der Waals surface area contributed by atoms with Crippen LogP contribution in [0.15, 0.2) is 24.3 Å². The Balaban J connectivity index is 1.67. The average molecular weight is 363 g/mol. The Morgan fingerprint density at radius 1 is 1.27 bits per heavy atom. The number of carbonyl (C=O) groups excluding carboxylic acids is 1. The van der Waals surface area contributed by atoms with E-state index in [9.17, 15) is 4.79 Å². The zero-order chi connectivity index (χ0) is 19.0. The number of benzene rings is 1. The summed E-state index contributed by atoms with van der Waals surface area (Å²) in [7, 11) is 0. The molecular formula is C21H34N2O3. The first-order valence-corrected chi connectivity index (χ1v) is 9.71. The van der Waals surface area contributed by atoms with Crippen molar-refractivity contribution in [2.45, 2.75) is 52.1 Å². The maximum atomic E-state index is 12.2. The van der Waals surface area contributed by atoms with Crippen LogP contribution in [-0.2, 0) is 14.9 Å². The Morgan fingerprint density at radius 3 is 2.69 bits per heavy atom. The average Bonchev–Trinajstić information content (AvgIpc) is 2.61. The van der Waals surface area contributed by atoms with Gasteiger partial charge in [-0.3, -0.25) is 9.69 Å². The highest BCUT2D eigenvalue weighted by atomic mass is 16.5. The highest BCUT2D eigenvalue weighted by Crippen LogP contribution is 2.26. The minimum atomic E-state index is -0.496. The van der Waals surface area contributed by atoms with E-state index in [1.54, 1.807) is 6.92 Å². The summed E-state index contributed by atoms with van der Waals surface area (Å²) in [4.78, 5) is 14.6. The molecule has 2 rings (SSSR count). The van der Waals surface area contributed by atoms with Crippen LogP contribution in [0.3, 0.4) is 0 Å². The van der Waals surface area contributed by atoms with Gasteiger partial charge < -0.3 is 14.8 Å². The number of rotatable bonds is 8. The Morgan fingerprint density at radius 2 is 2.00 bits per heavy atom. The maximum Gasteiger partial charge on any atom is 0.260 e. The largest absolute Gasteiger partial charge is 0.481 e. The normalized spacial score (nSPS) is 16.9. The van der Waals surface area contributed by atoms with Crippen molar-refractivity contribution < 1.29 is 14.3 Å². The van der Waals surface area contributed by atoms with E-state index >= 15 is 0 Å². The number of hydrogen-bond donors (Lipinski definition) is 1. The Labute approximate surface area is 158 Å². The van der Waals surface area contributed by atoms with Gasteiger partial charge in [0.05, 0.1) is 13.2 Å². The molecule has 1 fully saturated rings. The fraction of sp³-hybridized carbons (Fsp3) is 0.667. The second-order valence-corrected chi connectivity index (χ2v) is 7.99. The fourth-order valence-electron chi connectivity index (χ4n) is 2.93. The highest BCUT2D eigenvalue weighted by molar-refractivity contribution is 5.80. The van der Waals surface area contributed by atoms with Crippen molar-refractivity contribution in [1.82, 2.24) is 10.2 Å². The first-order valence-electron chi connectivity index (χ1n) is 9.71. The van der Waals surface area contributed by atoms with E-state index in [4.69, 9.17) is 9.47 Å². The van der Waals surface area contributed by atoms with Crippen LogP contribution in [0.4, 0.5) is 0 Å². The van der Waals surface area contributed by atoms with Crippen molar-refractivity contribution in [2.75, 3.05) is 39.4 Å². The van der Waals surface area contributed by atoms with Crippen LogP contribution in [0.2, 0.25) is 0 Å². The molecule has 0 aliphatic carbocycles. The molecule has 1 saturated heterocycles. The number of morpholine rings is 1. The van der Waals surface area contributed by atoms with Crippen molar-refractivity contribution in [1.29, 1.82) is 0 Å². The summed E-state index contributed by atoms with van der Waals surface area (Å²) in [6.07, 6.45) is 1.57. The summed E-state index contributed by atoms with van der Waals surface area (Å²) >= 11 is 0. The third-order valence-electron chi connectivity index (χ3n) is 4.69. The smallest absolute Gasteiger partial charge is 0.260 e. The molecule has 1 amide bonds. The number of carbonyl (C=O) groups is 1. The fourth-order valence-corrected chi connectivity index (χ4v) is 2.93. The second kappa shape index (κ2) is 9.93. The molecule has 1 N–H and O–H groups in total. The Bertz CT molecular complexity index is 563. The molecule has 0 bridgehead atoms. The molecule has 1 aliphatic rings. The van der Waals surface area contributed by atoms with Gasteiger partial charge in [0.1, 0.15) is 5.75 Å². The van der Waals surface area contributed by atoms with Crippen LogP contribution in [0.1, 0.15) is 46.1 Å². The predicted octanol–water partition coefficient (Wildman–Crippen LogP) is 2.98. The van der Waals surface area contributed by atoms with E-state index in [-0.39, 0.29) is 11.3 Å². The molecule has 1 heterocycles. The van der Waals surface area contributed by atoms with Gasteiger partial charge in [-0.2, -0.15) is 0 Å². The summed E-state index contributed by atoms with van der Waals surface area (Å²) in [6.45, 7) is 13.8. The first-order chi connectivity index (χ1) is 12.4. The molecule has 1 aromatic carbocycles. The van der Waals surface area contributed by atoms with Crippen LogP contribution >= 0.6 is 0 Å². The van der Waals surface area contributed by atoms with E-state index in [2.05, 4.69) is 37.1 Å². The molecule has 0 aromatic heterocycles. The van der Waals surface area contributed by atoms with Crippen molar-refractivity contribution in [3.05, 3.63) is 29.8 Å². The zero-order valence-electron chi connectivity index (χ0n) is 16.7. The summed E-state index contributed by atoms with van der Waals surface area (Å²) in [5, 5.41) is 2.98. The SMILES string of the molecule is CC(Oc1cccc(C(C)(C)C)c1)C(=O)NCCCCN1CCOCC1. The summed E-state index contributed by atoms with van der Waals surface area (Å²) in [6, 6.07) is 7.99. The Kier molecular flexibility index (Phi) is 7.91. The van der Waals surface area contributed by atoms with Gasteiger partial charge in [-0.25, -0.2) is 0 Å². The molecule has 5 nitrogen and oxygen atoms in total. The van der Waals surface area contributed by atoms with E-state index in [0.717, 1.165) is 51.4 Å². The lowest BCUT2D eigenvalue weighted by molar-refractivity contribution is -0.127. The number of nitrogens with zero attached hydrogens (tertiary/aromatic N) is 1. The lowest BCUT2D eigenvalue weighted by Gasteiger charge is -2.26. The van der Waals surface area contributed by atoms with Crippen LogP contribution in [0.25, 0.3) is 0 Å².